The molecule has 0 saturated heterocycles. The van der Waals surface area contributed by atoms with Crippen molar-refractivity contribution < 1.29 is 9.15 Å². The number of thioether (sulfide) groups is 1. The van der Waals surface area contributed by atoms with E-state index in [4.69, 9.17) is 14.4 Å². The van der Waals surface area contributed by atoms with Crippen LogP contribution in [0.5, 0.6) is 5.75 Å². The summed E-state index contributed by atoms with van der Waals surface area (Å²) in [6.07, 6.45) is 0.529. The molecule has 6 heteroatoms. The van der Waals surface area contributed by atoms with Crippen molar-refractivity contribution in [2.75, 3.05) is 7.11 Å². The molecule has 1 heterocycles. The zero-order valence-corrected chi connectivity index (χ0v) is 13.9. The van der Waals surface area contributed by atoms with Gasteiger partial charge in [-0.25, -0.2) is 0 Å². The summed E-state index contributed by atoms with van der Waals surface area (Å²) in [5.41, 5.74) is 2.70. The number of hydrogen-bond acceptors (Lipinski definition) is 6. The van der Waals surface area contributed by atoms with Gasteiger partial charge in [0.25, 0.3) is 5.22 Å². The highest BCUT2D eigenvalue weighted by Crippen LogP contribution is 2.24. The molecule has 3 rings (SSSR count). The first-order chi connectivity index (χ1) is 11.8. The number of benzene rings is 2. The van der Waals surface area contributed by atoms with Crippen LogP contribution in [0.3, 0.4) is 0 Å². The van der Waals surface area contributed by atoms with E-state index in [9.17, 15) is 0 Å². The Morgan fingerprint density at radius 2 is 2.04 bits per heavy atom. The van der Waals surface area contributed by atoms with Crippen molar-refractivity contribution >= 4 is 11.8 Å². The Balaban J connectivity index is 1.64. The topological polar surface area (TPSA) is 71.9 Å². The fourth-order valence-electron chi connectivity index (χ4n) is 2.26. The summed E-state index contributed by atoms with van der Waals surface area (Å²) in [5, 5.41) is 17.6. The Bertz CT molecular complexity index is 870. The monoisotopic (exact) mass is 337 g/mol. The highest BCUT2D eigenvalue weighted by atomic mass is 32.2. The molecule has 2 aromatic carbocycles. The quantitative estimate of drug-likeness (QED) is 0.637. The summed E-state index contributed by atoms with van der Waals surface area (Å²) in [5.74, 6) is 2.03. The third kappa shape index (κ3) is 3.94. The lowest BCUT2D eigenvalue weighted by Gasteiger charge is -2.05. The largest absolute Gasteiger partial charge is 0.496 e. The first-order valence-corrected chi connectivity index (χ1v) is 8.33. The lowest BCUT2D eigenvalue weighted by Crippen LogP contribution is -1.93. The van der Waals surface area contributed by atoms with Crippen LogP contribution in [0.2, 0.25) is 0 Å². The second-order valence-electron chi connectivity index (χ2n) is 5.05. The molecular weight excluding hydrogens is 322 g/mol. The summed E-state index contributed by atoms with van der Waals surface area (Å²) in [4.78, 5) is 0. The zero-order chi connectivity index (χ0) is 16.8. The number of para-hydroxylation sites is 1. The van der Waals surface area contributed by atoms with Gasteiger partial charge in [0.2, 0.25) is 5.89 Å². The van der Waals surface area contributed by atoms with Crippen molar-refractivity contribution in [2.24, 2.45) is 0 Å². The molecule has 0 atom stereocenters. The van der Waals surface area contributed by atoms with Crippen LogP contribution < -0.4 is 4.74 Å². The van der Waals surface area contributed by atoms with Gasteiger partial charge >= 0.3 is 0 Å². The van der Waals surface area contributed by atoms with Crippen LogP contribution in [0.25, 0.3) is 0 Å². The van der Waals surface area contributed by atoms with E-state index >= 15 is 0 Å². The molecule has 0 fully saturated rings. The van der Waals surface area contributed by atoms with Gasteiger partial charge in [0, 0.05) is 11.3 Å². The highest BCUT2D eigenvalue weighted by Gasteiger charge is 2.10. The molecule has 0 amide bonds. The van der Waals surface area contributed by atoms with Gasteiger partial charge in [-0.15, -0.1) is 10.2 Å². The fraction of sp³-hybridized carbons (Fsp3) is 0.167. The molecule has 24 heavy (non-hydrogen) atoms. The summed E-state index contributed by atoms with van der Waals surface area (Å²) in [7, 11) is 1.64. The molecule has 0 aliphatic rings. The van der Waals surface area contributed by atoms with E-state index in [0.29, 0.717) is 28.9 Å². The minimum absolute atomic E-state index is 0.516. The maximum absolute atomic E-state index is 8.93. The Labute approximate surface area is 144 Å². The highest BCUT2D eigenvalue weighted by molar-refractivity contribution is 7.98. The van der Waals surface area contributed by atoms with E-state index < -0.39 is 0 Å². The molecule has 3 aromatic rings. The Hall–Kier alpha value is -2.78. The van der Waals surface area contributed by atoms with Crippen LogP contribution in [-0.4, -0.2) is 17.3 Å². The molecule has 5 nitrogen and oxygen atoms in total. The van der Waals surface area contributed by atoms with Gasteiger partial charge in [-0.2, -0.15) is 5.26 Å². The molecule has 0 bridgehead atoms. The SMILES string of the molecule is COc1ccccc1Cc1nnc(SCc2cccc(C#N)c2)o1. The van der Waals surface area contributed by atoms with Crippen LogP contribution in [0.1, 0.15) is 22.6 Å². The maximum Gasteiger partial charge on any atom is 0.276 e. The lowest BCUT2D eigenvalue weighted by molar-refractivity contribution is 0.400. The summed E-state index contributed by atoms with van der Waals surface area (Å²) in [6.45, 7) is 0. The van der Waals surface area contributed by atoms with Crippen molar-refractivity contribution in [2.45, 2.75) is 17.4 Å². The third-order valence-corrected chi connectivity index (χ3v) is 4.29. The standard InChI is InChI=1S/C18H15N3O2S/c1-22-16-8-3-2-7-15(16)10-17-20-21-18(23-17)24-12-14-6-4-5-13(9-14)11-19/h2-9H,10,12H2,1H3. The number of rotatable bonds is 6. The van der Waals surface area contributed by atoms with Crippen molar-refractivity contribution in [1.82, 2.24) is 10.2 Å². The maximum atomic E-state index is 8.93. The number of hydrogen-bond donors (Lipinski definition) is 0. The molecule has 0 spiro atoms. The molecule has 0 radical (unpaired) electrons. The van der Waals surface area contributed by atoms with Gasteiger partial charge in [0.05, 0.1) is 25.2 Å². The van der Waals surface area contributed by atoms with Gasteiger partial charge < -0.3 is 9.15 Å². The van der Waals surface area contributed by atoms with Crippen molar-refractivity contribution in [1.29, 1.82) is 5.26 Å². The number of nitriles is 1. The van der Waals surface area contributed by atoms with Crippen molar-refractivity contribution in [3.8, 4) is 11.8 Å². The number of nitrogens with zero attached hydrogens (tertiary/aromatic N) is 3. The van der Waals surface area contributed by atoms with Crippen LogP contribution in [-0.2, 0) is 12.2 Å². The van der Waals surface area contributed by atoms with E-state index in [-0.39, 0.29) is 0 Å². The van der Waals surface area contributed by atoms with Gasteiger partial charge in [-0.05, 0) is 23.8 Å². The second-order valence-corrected chi connectivity index (χ2v) is 5.98. The number of ether oxygens (including phenoxy) is 1. The molecule has 1 aromatic heterocycles. The normalized spacial score (nSPS) is 10.3. The minimum atomic E-state index is 0.516. The second kappa shape index (κ2) is 7.66. The summed E-state index contributed by atoms with van der Waals surface area (Å²) < 4.78 is 11.0. The third-order valence-electron chi connectivity index (χ3n) is 3.40. The van der Waals surface area contributed by atoms with Gasteiger partial charge in [0.15, 0.2) is 0 Å². The van der Waals surface area contributed by atoms with Crippen molar-refractivity contribution in [3.63, 3.8) is 0 Å². The first-order valence-electron chi connectivity index (χ1n) is 7.34. The number of aromatic nitrogens is 2. The predicted molar refractivity (Wildman–Crippen MR) is 90.8 cm³/mol. The average Bonchev–Trinajstić information content (AvgIpc) is 3.08. The Morgan fingerprint density at radius 1 is 1.17 bits per heavy atom. The van der Waals surface area contributed by atoms with Crippen LogP contribution in [0, 0.1) is 11.3 Å². The van der Waals surface area contributed by atoms with Crippen LogP contribution in [0.15, 0.2) is 58.2 Å². The minimum Gasteiger partial charge on any atom is -0.496 e. The van der Waals surface area contributed by atoms with Crippen LogP contribution >= 0.6 is 11.8 Å². The van der Waals surface area contributed by atoms with Gasteiger partial charge in [-0.1, -0.05) is 42.1 Å². The first kappa shape index (κ1) is 16.1. The molecule has 0 unspecified atom stereocenters. The van der Waals surface area contributed by atoms with E-state index in [1.807, 2.05) is 42.5 Å². The Kier molecular flexibility index (Phi) is 5.14. The van der Waals surface area contributed by atoms with E-state index in [0.717, 1.165) is 16.9 Å². The molecule has 120 valence electrons. The molecule has 0 aliphatic carbocycles. The number of methoxy groups -OCH3 is 1. The van der Waals surface area contributed by atoms with E-state index in [1.165, 1.54) is 11.8 Å². The molecule has 0 N–H and O–H groups in total. The Morgan fingerprint density at radius 3 is 2.88 bits per heavy atom. The lowest BCUT2D eigenvalue weighted by atomic mass is 10.1. The van der Waals surface area contributed by atoms with Gasteiger partial charge in [0.1, 0.15) is 5.75 Å². The summed E-state index contributed by atoms with van der Waals surface area (Å²) in [6, 6.07) is 17.4. The van der Waals surface area contributed by atoms with Gasteiger partial charge in [-0.3, -0.25) is 0 Å². The molecule has 0 aliphatic heterocycles. The van der Waals surface area contributed by atoms with Crippen molar-refractivity contribution in [3.05, 3.63) is 71.1 Å². The van der Waals surface area contributed by atoms with E-state index in [2.05, 4.69) is 16.3 Å². The van der Waals surface area contributed by atoms with E-state index in [1.54, 1.807) is 13.2 Å². The molecular formula is C18H15N3O2S. The van der Waals surface area contributed by atoms with Crippen LogP contribution in [0.4, 0.5) is 0 Å². The fourth-order valence-corrected chi connectivity index (χ4v) is 2.98. The smallest absolute Gasteiger partial charge is 0.276 e. The zero-order valence-electron chi connectivity index (χ0n) is 13.1. The average molecular weight is 337 g/mol. The summed E-state index contributed by atoms with van der Waals surface area (Å²) >= 11 is 1.45. The predicted octanol–water partition coefficient (Wildman–Crippen LogP) is 3.83. The molecule has 0 saturated carbocycles.